The van der Waals surface area contributed by atoms with Crippen LogP contribution in [0.25, 0.3) is 0 Å². The van der Waals surface area contributed by atoms with E-state index in [4.69, 9.17) is 0 Å². The van der Waals surface area contributed by atoms with Crippen LogP contribution < -0.4 is 0 Å². The Balaban J connectivity index is 0. The van der Waals surface area contributed by atoms with E-state index in [9.17, 15) is 4.57 Å². The minimum absolute atomic E-state index is 0.278. The van der Waals surface area contributed by atoms with Gasteiger partial charge in [-0.25, -0.2) is 0 Å². The van der Waals surface area contributed by atoms with Gasteiger partial charge in [0.1, 0.15) is 0 Å². The number of rotatable bonds is 2. The molecule has 0 aliphatic rings. The Kier molecular flexibility index (Phi) is 14.1. The van der Waals surface area contributed by atoms with E-state index in [2.05, 4.69) is 69.0 Å². The molecule has 0 unspecified atom stereocenters. The van der Waals surface area contributed by atoms with Crippen LogP contribution in [0.5, 0.6) is 0 Å². The zero-order chi connectivity index (χ0) is 9.49. The van der Waals surface area contributed by atoms with Crippen molar-refractivity contribution >= 4 is 67.5 Å². The Morgan fingerprint density at radius 2 is 1.36 bits per heavy atom. The van der Waals surface area contributed by atoms with E-state index in [0.29, 0.717) is 0 Å². The second kappa shape index (κ2) is 9.48. The molecular formula is C3H9I3O3PV. The summed E-state index contributed by atoms with van der Waals surface area (Å²) in [6.45, 7) is 1.41. The molecule has 0 spiro atoms. The molecule has 0 radical (unpaired) electrons. The quantitative estimate of drug-likeness (QED) is 0.385. The summed E-state index contributed by atoms with van der Waals surface area (Å²) in [4.78, 5) is -0.278. The fraction of sp³-hybridized carbons (Fsp3) is 1.00. The van der Waals surface area contributed by atoms with Crippen molar-refractivity contribution in [2.45, 2.75) is 0 Å². The molecule has 0 heterocycles. The molecule has 0 aliphatic heterocycles. The summed E-state index contributed by atoms with van der Waals surface area (Å²) in [5.41, 5.74) is 0. The standard InChI is InChI=1S/C3H9O3P.3HI.V/c1-5-7(3,4)6-2;;;;/h1-3H3;3*1H;/q;;;;+3/p-3. The van der Waals surface area contributed by atoms with Crippen LogP contribution in [-0.2, 0) is 18.5 Å². The molecule has 3 nitrogen and oxygen atoms in total. The van der Waals surface area contributed by atoms with Gasteiger partial charge in [0.05, 0.1) is 0 Å². The maximum absolute atomic E-state index is 10.5. The monoisotopic (exact) mass is 556 g/mol. The molecule has 0 saturated heterocycles. The van der Waals surface area contributed by atoms with Crippen LogP contribution in [-0.4, -0.2) is 20.9 Å². The zero-order valence-corrected chi connectivity index (χ0v) is 15.0. The maximum atomic E-state index is 10.5. The van der Waals surface area contributed by atoms with Crippen molar-refractivity contribution in [1.29, 1.82) is 0 Å². The van der Waals surface area contributed by atoms with Gasteiger partial charge in [-0.05, 0) is 0 Å². The molecule has 11 heavy (non-hydrogen) atoms. The summed E-state index contributed by atoms with van der Waals surface area (Å²) in [7, 11) is 0.0486. The van der Waals surface area contributed by atoms with Gasteiger partial charge in [0.25, 0.3) is 0 Å². The third-order valence-corrected chi connectivity index (χ3v) is 1.99. The van der Waals surface area contributed by atoms with Crippen molar-refractivity contribution in [1.82, 2.24) is 0 Å². The van der Waals surface area contributed by atoms with Crippen LogP contribution >= 0.6 is 67.5 Å². The summed E-state index contributed by atoms with van der Waals surface area (Å²) in [5.74, 6) is 0. The van der Waals surface area contributed by atoms with Crippen LogP contribution in [0.4, 0.5) is 0 Å². The molecule has 0 aromatic carbocycles. The van der Waals surface area contributed by atoms with Gasteiger partial charge >= 0.3 is 72.5 Å². The average molecular weight is 556 g/mol. The predicted octanol–water partition coefficient (Wildman–Crippen LogP) is 3.76. The molecule has 70 valence electrons. The van der Waals surface area contributed by atoms with Crippen molar-refractivity contribution in [3.8, 4) is 0 Å². The van der Waals surface area contributed by atoms with Crippen molar-refractivity contribution in [2.24, 2.45) is 0 Å². The number of hydrogen-bond donors (Lipinski definition) is 0. The Morgan fingerprint density at radius 3 is 1.36 bits per heavy atom. The van der Waals surface area contributed by atoms with E-state index >= 15 is 0 Å². The molecule has 0 rings (SSSR count). The van der Waals surface area contributed by atoms with Crippen molar-refractivity contribution in [2.75, 3.05) is 20.9 Å². The molecule has 0 atom stereocenters. The molecular weight excluding hydrogens is 547 g/mol. The molecule has 0 aliphatic carbocycles. The molecule has 8 heteroatoms. The Hall–Kier alpha value is 2.92. The van der Waals surface area contributed by atoms with E-state index in [-0.39, 0.29) is 4.92 Å². The Bertz CT molecular complexity index is 122. The van der Waals surface area contributed by atoms with Crippen molar-refractivity contribution in [3.05, 3.63) is 0 Å². The van der Waals surface area contributed by atoms with Gasteiger partial charge in [-0.2, -0.15) is 0 Å². The first kappa shape index (κ1) is 16.4. The van der Waals surface area contributed by atoms with E-state index in [1.165, 1.54) is 20.9 Å². The van der Waals surface area contributed by atoms with Crippen LogP contribution in [0.2, 0.25) is 0 Å². The molecule has 0 saturated carbocycles. The second-order valence-corrected chi connectivity index (χ2v) is 39.0. The van der Waals surface area contributed by atoms with Crippen molar-refractivity contribution < 1.29 is 18.5 Å². The zero-order valence-electron chi connectivity index (χ0n) is 6.25. The first-order valence-corrected chi connectivity index (χ1v) is 17.8. The molecule has 0 bridgehead atoms. The predicted molar refractivity (Wildman–Crippen MR) is 69.6 cm³/mol. The third-order valence-electron chi connectivity index (χ3n) is 0.663. The van der Waals surface area contributed by atoms with Gasteiger partial charge in [0.2, 0.25) is 0 Å². The molecule has 0 aromatic rings. The normalized spacial score (nSPS) is 10.8. The van der Waals surface area contributed by atoms with E-state index < -0.39 is 7.60 Å². The average Bonchev–Trinajstić information content (AvgIpc) is 1.87. The fourth-order valence-corrected chi connectivity index (χ4v) is 0.224. The van der Waals surface area contributed by atoms with Gasteiger partial charge in [-0.15, -0.1) is 0 Å². The van der Waals surface area contributed by atoms with Crippen LogP contribution in [0.3, 0.4) is 0 Å². The molecule has 0 fully saturated rings. The topological polar surface area (TPSA) is 35.5 Å². The van der Waals surface area contributed by atoms with Crippen LogP contribution in [0.1, 0.15) is 0 Å². The molecule has 0 aromatic heterocycles. The fourth-order valence-electron chi connectivity index (χ4n) is 0.0745. The van der Waals surface area contributed by atoms with Crippen LogP contribution in [0, 0.1) is 0 Å². The second-order valence-electron chi connectivity index (χ2n) is 1.33. The van der Waals surface area contributed by atoms with E-state index in [0.717, 1.165) is 0 Å². The summed E-state index contributed by atoms with van der Waals surface area (Å²) in [6, 6.07) is 0. The number of hydrogen-bond acceptors (Lipinski definition) is 3. The first-order chi connectivity index (χ1) is 4.85. The Labute approximate surface area is 105 Å². The van der Waals surface area contributed by atoms with E-state index in [1.807, 2.05) is 0 Å². The first-order valence-electron chi connectivity index (χ1n) is 2.32. The van der Waals surface area contributed by atoms with Gasteiger partial charge < -0.3 is 9.05 Å². The summed E-state index contributed by atoms with van der Waals surface area (Å²) < 4.78 is 19.3. The van der Waals surface area contributed by atoms with E-state index in [1.54, 1.807) is 0 Å². The van der Waals surface area contributed by atoms with Gasteiger partial charge in [-0.3, -0.25) is 4.57 Å². The van der Waals surface area contributed by atoms with Gasteiger partial charge in [0, 0.05) is 20.9 Å². The minimum atomic E-state index is -2.65. The molecule has 0 N–H and O–H groups in total. The van der Waals surface area contributed by atoms with Gasteiger partial charge in [-0.1, -0.05) is 0 Å². The SMILES string of the molecule is COP(C)(=O)OC.[I][V]([I])[I]. The summed E-state index contributed by atoms with van der Waals surface area (Å²) >= 11 is 7.39. The molecule has 0 amide bonds. The number of halogens is 3. The van der Waals surface area contributed by atoms with Crippen molar-refractivity contribution in [3.63, 3.8) is 0 Å². The summed E-state index contributed by atoms with van der Waals surface area (Å²) in [5, 5.41) is 0. The summed E-state index contributed by atoms with van der Waals surface area (Å²) in [6.07, 6.45) is 0. The van der Waals surface area contributed by atoms with Crippen LogP contribution in [0.15, 0.2) is 0 Å². The Morgan fingerprint density at radius 1 is 1.18 bits per heavy atom. The van der Waals surface area contributed by atoms with Gasteiger partial charge in [0.15, 0.2) is 0 Å². The third kappa shape index (κ3) is 19.4.